The summed E-state index contributed by atoms with van der Waals surface area (Å²) < 4.78 is 34.0. The highest BCUT2D eigenvalue weighted by Crippen LogP contribution is 2.29. The van der Waals surface area contributed by atoms with Crippen molar-refractivity contribution in [1.29, 1.82) is 0 Å². The maximum Gasteiger partial charge on any atom is 0.161 e. The van der Waals surface area contributed by atoms with Gasteiger partial charge in [0.2, 0.25) is 0 Å². The van der Waals surface area contributed by atoms with Crippen molar-refractivity contribution in [3.05, 3.63) is 24.3 Å². The van der Waals surface area contributed by atoms with E-state index in [2.05, 4.69) is 0 Å². The molecule has 2 N–H and O–H groups in total. The summed E-state index contributed by atoms with van der Waals surface area (Å²) in [6.07, 6.45) is 0.680. The monoisotopic (exact) mass is 299 g/mol. The van der Waals surface area contributed by atoms with Crippen LogP contribution in [0.1, 0.15) is 6.42 Å². The second kappa shape index (κ2) is 6.45. The van der Waals surface area contributed by atoms with E-state index >= 15 is 0 Å². The Hall–Kier alpha value is -1.27. The number of methoxy groups -OCH3 is 1. The number of hydrogen-bond acceptors (Lipinski definition) is 5. The fourth-order valence-electron chi connectivity index (χ4n) is 2.53. The molecule has 6 heteroatoms. The molecule has 0 amide bonds. The van der Waals surface area contributed by atoms with E-state index in [1.807, 2.05) is 24.3 Å². The summed E-state index contributed by atoms with van der Waals surface area (Å²) >= 11 is 0. The smallest absolute Gasteiger partial charge is 0.161 e. The SMILES string of the molecule is COc1ccccc1OCC(CN)C1CCS(=O)(=O)C1. The zero-order valence-electron chi connectivity index (χ0n) is 11.6. The number of hydrogen-bond donors (Lipinski definition) is 1. The quantitative estimate of drug-likeness (QED) is 0.850. The second-order valence-corrected chi connectivity index (χ2v) is 7.35. The van der Waals surface area contributed by atoms with Gasteiger partial charge in [-0.2, -0.15) is 0 Å². The van der Waals surface area contributed by atoms with Gasteiger partial charge in [0.15, 0.2) is 21.3 Å². The van der Waals surface area contributed by atoms with E-state index < -0.39 is 9.84 Å². The molecule has 1 fully saturated rings. The molecule has 1 saturated heterocycles. The minimum Gasteiger partial charge on any atom is -0.493 e. The lowest BCUT2D eigenvalue weighted by atomic mass is 9.93. The maximum absolute atomic E-state index is 11.5. The minimum atomic E-state index is -2.88. The van der Waals surface area contributed by atoms with Crippen LogP contribution in [0.15, 0.2) is 24.3 Å². The largest absolute Gasteiger partial charge is 0.493 e. The van der Waals surface area contributed by atoms with Gasteiger partial charge in [0.25, 0.3) is 0 Å². The summed E-state index contributed by atoms with van der Waals surface area (Å²) in [5.74, 6) is 1.97. The zero-order chi connectivity index (χ0) is 14.6. The maximum atomic E-state index is 11.5. The van der Waals surface area contributed by atoms with Crippen LogP contribution in [0, 0.1) is 11.8 Å². The van der Waals surface area contributed by atoms with E-state index in [1.165, 1.54) is 0 Å². The minimum absolute atomic E-state index is 0.0530. The Labute approximate surface area is 120 Å². The predicted octanol–water partition coefficient (Wildman–Crippen LogP) is 1.08. The highest BCUT2D eigenvalue weighted by atomic mass is 32.2. The van der Waals surface area contributed by atoms with Crippen LogP contribution in [0.25, 0.3) is 0 Å². The molecule has 5 nitrogen and oxygen atoms in total. The third kappa shape index (κ3) is 3.64. The molecule has 1 aromatic rings. The van der Waals surface area contributed by atoms with Crippen molar-refractivity contribution in [3.63, 3.8) is 0 Å². The van der Waals surface area contributed by atoms with Gasteiger partial charge < -0.3 is 15.2 Å². The fourth-order valence-corrected chi connectivity index (χ4v) is 4.45. The number of sulfone groups is 1. The number of para-hydroxylation sites is 2. The topological polar surface area (TPSA) is 78.6 Å². The van der Waals surface area contributed by atoms with E-state index in [4.69, 9.17) is 15.2 Å². The summed E-state index contributed by atoms with van der Waals surface area (Å²) in [7, 11) is -1.29. The molecule has 0 bridgehead atoms. The molecule has 0 aliphatic carbocycles. The van der Waals surface area contributed by atoms with Crippen molar-refractivity contribution in [1.82, 2.24) is 0 Å². The van der Waals surface area contributed by atoms with Crippen LogP contribution in [0.4, 0.5) is 0 Å². The summed E-state index contributed by atoms with van der Waals surface area (Å²) in [4.78, 5) is 0. The van der Waals surface area contributed by atoms with Gasteiger partial charge in [-0.15, -0.1) is 0 Å². The van der Waals surface area contributed by atoms with Crippen LogP contribution in [0.5, 0.6) is 11.5 Å². The van der Waals surface area contributed by atoms with Crippen molar-refractivity contribution in [2.75, 3.05) is 31.8 Å². The molecule has 2 atom stereocenters. The molecule has 1 aliphatic heterocycles. The van der Waals surface area contributed by atoms with Crippen LogP contribution in [-0.2, 0) is 9.84 Å². The number of ether oxygens (including phenoxy) is 2. The molecule has 2 rings (SSSR count). The van der Waals surface area contributed by atoms with Crippen LogP contribution < -0.4 is 15.2 Å². The molecule has 0 spiro atoms. The van der Waals surface area contributed by atoms with Gasteiger partial charge in [-0.25, -0.2) is 8.42 Å². The van der Waals surface area contributed by atoms with Crippen molar-refractivity contribution in [3.8, 4) is 11.5 Å². The Morgan fingerprint density at radius 1 is 1.35 bits per heavy atom. The summed E-state index contributed by atoms with van der Waals surface area (Å²) in [5.41, 5.74) is 5.77. The highest BCUT2D eigenvalue weighted by Gasteiger charge is 2.33. The van der Waals surface area contributed by atoms with E-state index in [0.717, 1.165) is 0 Å². The first-order valence-corrected chi connectivity index (χ1v) is 8.54. The second-order valence-electron chi connectivity index (χ2n) is 5.12. The molecule has 1 aliphatic rings. The van der Waals surface area contributed by atoms with Gasteiger partial charge in [0.1, 0.15) is 0 Å². The molecule has 2 unspecified atom stereocenters. The average Bonchev–Trinajstić information content (AvgIpc) is 2.80. The zero-order valence-corrected chi connectivity index (χ0v) is 12.4. The lowest BCUT2D eigenvalue weighted by molar-refractivity contribution is 0.202. The number of nitrogens with two attached hydrogens (primary N) is 1. The normalized spacial score (nSPS) is 22.4. The lowest BCUT2D eigenvalue weighted by Gasteiger charge is -2.21. The van der Waals surface area contributed by atoms with Crippen LogP contribution in [0.2, 0.25) is 0 Å². The molecular formula is C14H21NO4S. The highest BCUT2D eigenvalue weighted by molar-refractivity contribution is 7.91. The van der Waals surface area contributed by atoms with Crippen molar-refractivity contribution in [2.24, 2.45) is 17.6 Å². The molecule has 1 aromatic carbocycles. The summed E-state index contributed by atoms with van der Waals surface area (Å²) in [6, 6.07) is 7.40. The van der Waals surface area contributed by atoms with Crippen molar-refractivity contribution < 1.29 is 17.9 Å². The Kier molecular flexibility index (Phi) is 4.88. The molecule has 112 valence electrons. The molecular weight excluding hydrogens is 278 g/mol. The third-order valence-corrected chi connectivity index (χ3v) is 5.55. The number of benzene rings is 1. The van der Waals surface area contributed by atoms with Crippen LogP contribution >= 0.6 is 0 Å². The van der Waals surface area contributed by atoms with Gasteiger partial charge in [-0.3, -0.25) is 0 Å². The van der Waals surface area contributed by atoms with Crippen LogP contribution in [0.3, 0.4) is 0 Å². The van der Waals surface area contributed by atoms with Gasteiger partial charge in [0.05, 0.1) is 25.2 Å². The summed E-state index contributed by atoms with van der Waals surface area (Å²) in [5, 5.41) is 0. The predicted molar refractivity (Wildman–Crippen MR) is 77.8 cm³/mol. The standard InChI is InChI=1S/C14H21NO4S/c1-18-13-4-2-3-5-14(13)19-9-12(8-15)11-6-7-20(16,17)10-11/h2-5,11-12H,6-10,15H2,1H3. The molecule has 20 heavy (non-hydrogen) atoms. The number of rotatable bonds is 6. The fraction of sp³-hybridized carbons (Fsp3) is 0.571. The van der Waals surface area contributed by atoms with Gasteiger partial charge in [-0.1, -0.05) is 12.1 Å². The lowest BCUT2D eigenvalue weighted by Crippen LogP contribution is -2.30. The van der Waals surface area contributed by atoms with E-state index in [0.29, 0.717) is 31.1 Å². The van der Waals surface area contributed by atoms with Crippen LogP contribution in [-0.4, -0.2) is 40.2 Å². The summed E-state index contributed by atoms with van der Waals surface area (Å²) in [6.45, 7) is 0.840. The molecule has 1 heterocycles. The molecule has 0 saturated carbocycles. The van der Waals surface area contributed by atoms with Gasteiger partial charge in [0, 0.05) is 5.92 Å². The molecule has 0 radical (unpaired) electrons. The Balaban J connectivity index is 1.97. The van der Waals surface area contributed by atoms with Crippen molar-refractivity contribution >= 4 is 9.84 Å². The average molecular weight is 299 g/mol. The van der Waals surface area contributed by atoms with E-state index in [9.17, 15) is 8.42 Å². The first-order chi connectivity index (χ1) is 9.55. The van der Waals surface area contributed by atoms with Gasteiger partial charge >= 0.3 is 0 Å². The first kappa shape index (κ1) is 15.1. The Bertz CT molecular complexity index is 544. The van der Waals surface area contributed by atoms with E-state index in [-0.39, 0.29) is 23.3 Å². The van der Waals surface area contributed by atoms with Gasteiger partial charge in [-0.05, 0) is 31.0 Å². The Morgan fingerprint density at radius 2 is 2.05 bits per heavy atom. The Morgan fingerprint density at radius 3 is 2.60 bits per heavy atom. The first-order valence-electron chi connectivity index (χ1n) is 6.72. The molecule has 0 aromatic heterocycles. The third-order valence-electron chi connectivity index (χ3n) is 3.76. The van der Waals surface area contributed by atoms with E-state index in [1.54, 1.807) is 7.11 Å². The van der Waals surface area contributed by atoms with Crippen molar-refractivity contribution in [2.45, 2.75) is 6.42 Å².